The van der Waals surface area contributed by atoms with E-state index < -0.39 is 4.92 Å². The fourth-order valence-electron chi connectivity index (χ4n) is 2.83. The van der Waals surface area contributed by atoms with Gasteiger partial charge in [-0.25, -0.2) is 0 Å². The van der Waals surface area contributed by atoms with E-state index in [1.807, 2.05) is 0 Å². The Kier molecular flexibility index (Phi) is 5.95. The van der Waals surface area contributed by atoms with Crippen molar-refractivity contribution in [2.45, 2.75) is 31.7 Å². The van der Waals surface area contributed by atoms with Gasteiger partial charge in [0.05, 0.1) is 4.92 Å². The number of hydrogen-bond acceptors (Lipinski definition) is 5. The number of aliphatic hydroxyl groups excluding tert-OH is 1. The maximum atomic E-state index is 10.9. The van der Waals surface area contributed by atoms with Crippen LogP contribution in [0, 0.1) is 16.0 Å². The van der Waals surface area contributed by atoms with Crippen LogP contribution < -0.4 is 10.1 Å². The lowest BCUT2D eigenvalue weighted by atomic mass is 9.85. The van der Waals surface area contributed by atoms with Crippen molar-refractivity contribution >= 4 is 5.69 Å². The van der Waals surface area contributed by atoms with Crippen molar-refractivity contribution in [2.75, 3.05) is 19.8 Å². The Morgan fingerprint density at radius 3 is 2.86 bits per heavy atom. The zero-order chi connectivity index (χ0) is 15.1. The highest BCUT2D eigenvalue weighted by atomic mass is 16.6. The molecule has 0 aromatic heterocycles. The zero-order valence-corrected chi connectivity index (χ0v) is 12.0. The lowest BCUT2D eigenvalue weighted by Gasteiger charge is -2.31. The van der Waals surface area contributed by atoms with Crippen LogP contribution in [0.4, 0.5) is 5.69 Å². The highest BCUT2D eigenvalue weighted by Crippen LogP contribution is 2.26. The van der Waals surface area contributed by atoms with Crippen molar-refractivity contribution < 1.29 is 14.8 Å². The summed E-state index contributed by atoms with van der Waals surface area (Å²) in [4.78, 5) is 10.4. The summed E-state index contributed by atoms with van der Waals surface area (Å²) >= 11 is 0. The molecule has 1 aliphatic rings. The largest absolute Gasteiger partial charge is 0.485 e. The quantitative estimate of drug-likeness (QED) is 0.457. The van der Waals surface area contributed by atoms with Gasteiger partial charge in [0.25, 0.3) is 0 Å². The van der Waals surface area contributed by atoms with E-state index in [9.17, 15) is 15.2 Å². The molecule has 0 aliphatic heterocycles. The summed E-state index contributed by atoms with van der Waals surface area (Å²) in [6.45, 7) is 1.20. The lowest BCUT2D eigenvalue weighted by Crippen LogP contribution is -2.41. The van der Waals surface area contributed by atoms with Gasteiger partial charge in [-0.2, -0.15) is 0 Å². The molecule has 1 aromatic carbocycles. The molecule has 6 nitrogen and oxygen atoms in total. The van der Waals surface area contributed by atoms with Crippen LogP contribution in [-0.2, 0) is 0 Å². The predicted molar refractivity (Wildman–Crippen MR) is 79.4 cm³/mol. The van der Waals surface area contributed by atoms with Crippen LogP contribution in [0.5, 0.6) is 5.75 Å². The number of aliphatic hydroxyl groups is 1. The predicted octanol–water partition coefficient (Wildman–Crippen LogP) is 2.11. The van der Waals surface area contributed by atoms with Gasteiger partial charge in [0.1, 0.15) is 6.61 Å². The third kappa shape index (κ3) is 4.41. The number of para-hydroxylation sites is 2. The van der Waals surface area contributed by atoms with Crippen molar-refractivity contribution in [2.24, 2.45) is 5.92 Å². The Labute approximate surface area is 124 Å². The zero-order valence-electron chi connectivity index (χ0n) is 12.0. The molecule has 0 unspecified atom stereocenters. The van der Waals surface area contributed by atoms with E-state index in [4.69, 9.17) is 4.74 Å². The molecule has 0 radical (unpaired) electrons. The Balaban J connectivity index is 1.78. The molecule has 1 aromatic rings. The molecule has 21 heavy (non-hydrogen) atoms. The SMILES string of the molecule is O=[N+]([O-])c1ccccc1OCCN[C@H]1CCCC[C@H]1CO. The topological polar surface area (TPSA) is 84.6 Å². The third-order valence-electron chi connectivity index (χ3n) is 3.97. The van der Waals surface area contributed by atoms with Crippen molar-refractivity contribution in [3.05, 3.63) is 34.4 Å². The monoisotopic (exact) mass is 294 g/mol. The Hall–Kier alpha value is -1.66. The number of hydrogen-bond donors (Lipinski definition) is 2. The van der Waals surface area contributed by atoms with E-state index in [1.54, 1.807) is 18.2 Å². The Morgan fingerprint density at radius 2 is 2.10 bits per heavy atom. The van der Waals surface area contributed by atoms with E-state index in [2.05, 4.69) is 5.32 Å². The molecule has 6 heteroatoms. The number of benzene rings is 1. The maximum absolute atomic E-state index is 10.9. The molecule has 0 bridgehead atoms. The number of nitrogens with one attached hydrogen (secondary N) is 1. The summed E-state index contributed by atoms with van der Waals surface area (Å²) in [6.07, 6.45) is 4.48. The number of nitro benzene ring substituents is 1. The molecule has 1 fully saturated rings. The molecule has 2 rings (SSSR count). The second-order valence-corrected chi connectivity index (χ2v) is 5.36. The van der Waals surface area contributed by atoms with E-state index in [0.717, 1.165) is 12.8 Å². The summed E-state index contributed by atoms with van der Waals surface area (Å²) < 4.78 is 5.49. The van der Waals surface area contributed by atoms with Crippen molar-refractivity contribution in [1.82, 2.24) is 5.32 Å². The highest BCUT2D eigenvalue weighted by molar-refractivity contribution is 5.45. The first-order valence-electron chi connectivity index (χ1n) is 7.43. The molecule has 116 valence electrons. The third-order valence-corrected chi connectivity index (χ3v) is 3.97. The van der Waals surface area contributed by atoms with Crippen molar-refractivity contribution in [1.29, 1.82) is 0 Å². The second-order valence-electron chi connectivity index (χ2n) is 5.36. The standard InChI is InChI=1S/C15H22N2O4/c18-11-12-5-1-2-6-13(12)16-9-10-21-15-8-4-3-7-14(15)17(19)20/h3-4,7-8,12-13,16,18H,1-2,5-6,9-11H2/t12-,13-/m0/s1. The van der Waals surface area contributed by atoms with Gasteiger partial charge >= 0.3 is 5.69 Å². The Bertz CT molecular complexity index is 467. The summed E-state index contributed by atoms with van der Waals surface area (Å²) in [5.74, 6) is 0.608. The fourth-order valence-corrected chi connectivity index (χ4v) is 2.83. The summed E-state index contributed by atoms with van der Waals surface area (Å²) in [7, 11) is 0. The van der Waals surface area contributed by atoms with Crippen molar-refractivity contribution in [3.8, 4) is 5.75 Å². The minimum atomic E-state index is -0.439. The van der Waals surface area contributed by atoms with Crippen LogP contribution in [0.15, 0.2) is 24.3 Å². The summed E-state index contributed by atoms with van der Waals surface area (Å²) in [6, 6.07) is 6.70. The average molecular weight is 294 g/mol. The molecule has 0 spiro atoms. The smallest absolute Gasteiger partial charge is 0.310 e. The molecule has 0 heterocycles. The van der Waals surface area contributed by atoms with E-state index in [-0.39, 0.29) is 12.3 Å². The fraction of sp³-hybridized carbons (Fsp3) is 0.600. The molecule has 0 saturated heterocycles. The number of ether oxygens (including phenoxy) is 1. The van der Waals surface area contributed by atoms with Crippen LogP contribution in [0.3, 0.4) is 0 Å². The van der Waals surface area contributed by atoms with Gasteiger partial charge in [0.15, 0.2) is 5.75 Å². The lowest BCUT2D eigenvalue weighted by molar-refractivity contribution is -0.385. The van der Waals surface area contributed by atoms with E-state index in [1.165, 1.54) is 18.9 Å². The first kappa shape index (κ1) is 15.7. The van der Waals surface area contributed by atoms with Crippen LogP contribution in [0.2, 0.25) is 0 Å². The normalized spacial score (nSPS) is 22.0. The minimum Gasteiger partial charge on any atom is -0.485 e. The first-order valence-corrected chi connectivity index (χ1v) is 7.43. The van der Waals surface area contributed by atoms with Gasteiger partial charge in [-0.1, -0.05) is 25.0 Å². The van der Waals surface area contributed by atoms with Crippen LogP contribution in [0.1, 0.15) is 25.7 Å². The molecule has 1 aliphatic carbocycles. The van der Waals surface area contributed by atoms with Gasteiger partial charge in [-0.15, -0.1) is 0 Å². The molecular formula is C15H22N2O4. The van der Waals surface area contributed by atoms with Crippen LogP contribution >= 0.6 is 0 Å². The maximum Gasteiger partial charge on any atom is 0.310 e. The number of nitrogens with zero attached hydrogens (tertiary/aromatic N) is 1. The highest BCUT2D eigenvalue weighted by Gasteiger charge is 2.23. The number of nitro groups is 1. The first-order chi connectivity index (χ1) is 10.2. The van der Waals surface area contributed by atoms with E-state index >= 15 is 0 Å². The van der Waals surface area contributed by atoms with E-state index in [0.29, 0.717) is 30.9 Å². The average Bonchev–Trinajstić information content (AvgIpc) is 2.52. The molecule has 2 N–H and O–H groups in total. The number of rotatable bonds is 7. The molecular weight excluding hydrogens is 272 g/mol. The van der Waals surface area contributed by atoms with Gasteiger partial charge in [-0.05, 0) is 24.8 Å². The van der Waals surface area contributed by atoms with Crippen LogP contribution in [-0.4, -0.2) is 35.8 Å². The summed E-state index contributed by atoms with van der Waals surface area (Å²) in [5, 5.41) is 23.6. The second kappa shape index (κ2) is 7.95. The Morgan fingerprint density at radius 1 is 1.33 bits per heavy atom. The molecule has 0 amide bonds. The van der Waals surface area contributed by atoms with Crippen molar-refractivity contribution in [3.63, 3.8) is 0 Å². The molecule has 2 atom stereocenters. The van der Waals surface area contributed by atoms with Gasteiger partial charge < -0.3 is 15.2 Å². The van der Waals surface area contributed by atoms with Gasteiger partial charge in [-0.3, -0.25) is 10.1 Å². The van der Waals surface area contributed by atoms with Gasteiger partial charge in [0, 0.05) is 25.3 Å². The summed E-state index contributed by atoms with van der Waals surface area (Å²) in [5.41, 5.74) is -0.0107. The van der Waals surface area contributed by atoms with Gasteiger partial charge in [0.2, 0.25) is 0 Å². The van der Waals surface area contributed by atoms with Crippen LogP contribution in [0.25, 0.3) is 0 Å². The minimum absolute atomic E-state index is 0.0107. The molecule has 1 saturated carbocycles.